The van der Waals surface area contributed by atoms with E-state index in [0.29, 0.717) is 28.1 Å². The number of rotatable bonds is 5. The summed E-state index contributed by atoms with van der Waals surface area (Å²) in [6.45, 7) is 2.87. The van der Waals surface area contributed by atoms with Gasteiger partial charge in [-0.05, 0) is 31.4 Å². The van der Waals surface area contributed by atoms with Crippen LogP contribution in [0.5, 0.6) is 5.75 Å². The van der Waals surface area contributed by atoms with Gasteiger partial charge in [-0.25, -0.2) is 8.42 Å². The summed E-state index contributed by atoms with van der Waals surface area (Å²) in [4.78, 5) is 5.00. The van der Waals surface area contributed by atoms with E-state index < -0.39 is 10.0 Å². The first-order valence-corrected chi connectivity index (χ1v) is 10.5. The number of nitrogens with zero attached hydrogens (tertiary/aromatic N) is 2. The van der Waals surface area contributed by atoms with Crippen LogP contribution in [0.3, 0.4) is 0 Å². The maximum Gasteiger partial charge on any atom is 0.252 e. The molecule has 1 aliphatic heterocycles. The van der Waals surface area contributed by atoms with Crippen LogP contribution in [0.15, 0.2) is 34.8 Å². The lowest BCUT2D eigenvalue weighted by molar-refractivity contribution is 0.130. The van der Waals surface area contributed by atoms with E-state index in [1.54, 1.807) is 18.3 Å². The normalized spacial score (nSPS) is 19.3. The van der Waals surface area contributed by atoms with Crippen LogP contribution in [0.25, 0.3) is 0 Å². The Hall–Kier alpha value is -1.15. The highest BCUT2D eigenvalue weighted by Gasteiger charge is 2.32. The zero-order chi connectivity index (χ0) is 17.2. The summed E-state index contributed by atoms with van der Waals surface area (Å²) in [5.74, 6) is 0.542. The Balaban J connectivity index is 1.74. The van der Waals surface area contributed by atoms with Crippen molar-refractivity contribution in [1.29, 1.82) is 0 Å². The smallest absolute Gasteiger partial charge is 0.252 e. The van der Waals surface area contributed by atoms with Crippen molar-refractivity contribution in [1.82, 2.24) is 9.29 Å². The van der Waals surface area contributed by atoms with Gasteiger partial charge in [0.25, 0.3) is 10.0 Å². The summed E-state index contributed by atoms with van der Waals surface area (Å²) >= 11 is 7.41. The molecule has 0 saturated carbocycles. The van der Waals surface area contributed by atoms with Gasteiger partial charge in [0.1, 0.15) is 21.1 Å². The molecule has 5 nitrogen and oxygen atoms in total. The van der Waals surface area contributed by atoms with Crippen LogP contribution in [0.2, 0.25) is 5.02 Å². The predicted molar refractivity (Wildman–Crippen MR) is 95.4 cm³/mol. The Morgan fingerprint density at radius 3 is 2.96 bits per heavy atom. The fourth-order valence-corrected chi connectivity index (χ4v) is 5.80. The standard InChI is InChI=1S/C16H19ClN2O3S2/c1-2-13-5-6-16(23-13)24(20,21)19-9-3-4-12(11-19)22-15-7-8-18-10-14(15)17/h5-8,10,12H,2-4,9,11H2,1H3. The Labute approximate surface area is 151 Å². The maximum atomic E-state index is 12.8. The third kappa shape index (κ3) is 3.74. The molecule has 8 heteroatoms. The van der Waals surface area contributed by atoms with E-state index in [4.69, 9.17) is 16.3 Å². The van der Waals surface area contributed by atoms with Gasteiger partial charge in [-0.15, -0.1) is 11.3 Å². The summed E-state index contributed by atoms with van der Waals surface area (Å²) < 4.78 is 33.5. The predicted octanol–water partition coefficient (Wildman–Crippen LogP) is 3.59. The van der Waals surface area contributed by atoms with Crippen molar-refractivity contribution in [2.75, 3.05) is 13.1 Å². The van der Waals surface area contributed by atoms with Gasteiger partial charge >= 0.3 is 0 Å². The summed E-state index contributed by atoms with van der Waals surface area (Å²) in [5, 5.41) is 0.434. The molecular formula is C16H19ClN2O3S2. The number of hydrogen-bond acceptors (Lipinski definition) is 5. The number of halogens is 1. The second-order valence-corrected chi connectivity index (χ2v) is 9.37. The topological polar surface area (TPSA) is 59.5 Å². The second-order valence-electron chi connectivity index (χ2n) is 5.63. The monoisotopic (exact) mass is 386 g/mol. The van der Waals surface area contributed by atoms with Gasteiger partial charge in [0, 0.05) is 29.9 Å². The van der Waals surface area contributed by atoms with Crippen LogP contribution < -0.4 is 4.74 Å². The highest BCUT2D eigenvalue weighted by molar-refractivity contribution is 7.91. The Morgan fingerprint density at radius 1 is 1.42 bits per heavy atom. The molecular weight excluding hydrogens is 368 g/mol. The van der Waals surface area contributed by atoms with Crippen molar-refractivity contribution >= 4 is 33.0 Å². The molecule has 0 N–H and O–H groups in total. The minimum Gasteiger partial charge on any atom is -0.487 e. The lowest BCUT2D eigenvalue weighted by Crippen LogP contribution is -2.44. The van der Waals surface area contributed by atoms with Crippen molar-refractivity contribution in [3.05, 3.63) is 40.5 Å². The van der Waals surface area contributed by atoms with Gasteiger partial charge < -0.3 is 4.74 Å². The first kappa shape index (κ1) is 17.7. The number of aromatic nitrogens is 1. The third-order valence-electron chi connectivity index (χ3n) is 3.95. The molecule has 0 spiro atoms. The molecule has 0 radical (unpaired) electrons. The molecule has 1 fully saturated rings. The van der Waals surface area contributed by atoms with Gasteiger partial charge in [-0.3, -0.25) is 4.98 Å². The molecule has 0 aliphatic carbocycles. The molecule has 1 atom stereocenters. The minimum absolute atomic E-state index is 0.209. The molecule has 2 aromatic rings. The Bertz CT molecular complexity index is 807. The van der Waals surface area contributed by atoms with E-state index in [1.165, 1.54) is 21.8 Å². The molecule has 2 aromatic heterocycles. The number of piperidine rings is 1. The van der Waals surface area contributed by atoms with Crippen LogP contribution in [0.1, 0.15) is 24.6 Å². The molecule has 0 amide bonds. The average Bonchev–Trinajstić information content (AvgIpc) is 3.07. The van der Waals surface area contributed by atoms with E-state index >= 15 is 0 Å². The zero-order valence-electron chi connectivity index (χ0n) is 13.3. The van der Waals surface area contributed by atoms with Crippen molar-refractivity contribution in [2.24, 2.45) is 0 Å². The number of sulfonamides is 1. The van der Waals surface area contributed by atoms with Crippen molar-refractivity contribution in [3.63, 3.8) is 0 Å². The highest BCUT2D eigenvalue weighted by Crippen LogP contribution is 2.30. The van der Waals surface area contributed by atoms with E-state index in [2.05, 4.69) is 4.98 Å². The van der Waals surface area contributed by atoms with E-state index in [9.17, 15) is 8.42 Å². The molecule has 3 rings (SSSR count). The first-order valence-electron chi connectivity index (χ1n) is 7.85. The lowest BCUT2D eigenvalue weighted by Gasteiger charge is -2.31. The number of thiophene rings is 1. The maximum absolute atomic E-state index is 12.8. The molecule has 0 bridgehead atoms. The fraction of sp³-hybridized carbons (Fsp3) is 0.438. The van der Waals surface area contributed by atoms with Gasteiger partial charge in [0.2, 0.25) is 0 Å². The van der Waals surface area contributed by atoms with E-state index in [1.807, 2.05) is 13.0 Å². The molecule has 130 valence electrons. The number of hydrogen-bond donors (Lipinski definition) is 0. The molecule has 1 saturated heterocycles. The SMILES string of the molecule is CCc1ccc(S(=O)(=O)N2CCCC(Oc3ccncc3Cl)C2)s1. The average molecular weight is 387 g/mol. The van der Waals surface area contributed by atoms with Crippen LogP contribution in [-0.2, 0) is 16.4 Å². The molecule has 0 aromatic carbocycles. The molecule has 24 heavy (non-hydrogen) atoms. The summed E-state index contributed by atoms with van der Waals surface area (Å²) in [5.41, 5.74) is 0. The number of aryl methyl sites for hydroxylation is 1. The van der Waals surface area contributed by atoms with Gasteiger partial charge in [0.05, 0.1) is 6.54 Å². The highest BCUT2D eigenvalue weighted by atomic mass is 35.5. The molecule has 3 heterocycles. The Kier molecular flexibility index (Phi) is 5.44. The van der Waals surface area contributed by atoms with Crippen LogP contribution >= 0.6 is 22.9 Å². The summed E-state index contributed by atoms with van der Waals surface area (Å²) in [6.07, 6.45) is 5.32. The summed E-state index contributed by atoms with van der Waals surface area (Å²) in [7, 11) is -3.46. The van der Waals surface area contributed by atoms with Crippen molar-refractivity contribution in [3.8, 4) is 5.75 Å². The van der Waals surface area contributed by atoms with E-state index in [-0.39, 0.29) is 6.10 Å². The first-order chi connectivity index (χ1) is 11.5. The Morgan fingerprint density at radius 2 is 2.25 bits per heavy atom. The fourth-order valence-electron chi connectivity index (χ4n) is 2.67. The third-order valence-corrected chi connectivity index (χ3v) is 7.80. The van der Waals surface area contributed by atoms with Crippen LogP contribution in [0, 0.1) is 0 Å². The quantitative estimate of drug-likeness (QED) is 0.787. The van der Waals surface area contributed by atoms with Crippen LogP contribution in [0.4, 0.5) is 0 Å². The van der Waals surface area contributed by atoms with E-state index in [0.717, 1.165) is 24.1 Å². The van der Waals surface area contributed by atoms with Crippen molar-refractivity contribution in [2.45, 2.75) is 36.5 Å². The van der Waals surface area contributed by atoms with Crippen molar-refractivity contribution < 1.29 is 13.2 Å². The number of pyridine rings is 1. The van der Waals surface area contributed by atoms with Gasteiger partial charge in [0.15, 0.2) is 0 Å². The van der Waals surface area contributed by atoms with Gasteiger partial charge in [-0.2, -0.15) is 4.31 Å². The summed E-state index contributed by atoms with van der Waals surface area (Å²) in [6, 6.07) is 5.28. The lowest BCUT2D eigenvalue weighted by atomic mass is 10.1. The minimum atomic E-state index is -3.46. The second kappa shape index (κ2) is 7.39. The molecule has 1 aliphatic rings. The zero-order valence-corrected chi connectivity index (χ0v) is 15.7. The molecule has 1 unspecified atom stereocenters. The van der Waals surface area contributed by atoms with Crippen LogP contribution in [-0.4, -0.2) is 36.9 Å². The van der Waals surface area contributed by atoms with Gasteiger partial charge in [-0.1, -0.05) is 18.5 Å². The number of ether oxygens (including phenoxy) is 1. The largest absolute Gasteiger partial charge is 0.487 e.